The summed E-state index contributed by atoms with van der Waals surface area (Å²) in [6.45, 7) is 1.83. The van der Waals surface area contributed by atoms with Gasteiger partial charge < -0.3 is 4.90 Å². The Morgan fingerprint density at radius 3 is 2.58 bits per heavy atom. The highest BCUT2D eigenvalue weighted by Gasteiger charge is 2.30. The summed E-state index contributed by atoms with van der Waals surface area (Å²) in [4.78, 5) is 6.66. The molecule has 26 heavy (non-hydrogen) atoms. The Labute approximate surface area is 153 Å². The molecule has 2 aliphatic rings. The van der Waals surface area contributed by atoms with Crippen LogP contribution in [-0.4, -0.2) is 43.9 Å². The molecule has 6 nitrogen and oxygen atoms in total. The van der Waals surface area contributed by atoms with Crippen LogP contribution in [0.25, 0.3) is 0 Å². The lowest BCUT2D eigenvalue weighted by molar-refractivity contribution is 0.383. The molecule has 0 spiro atoms. The second kappa shape index (κ2) is 6.71. The van der Waals surface area contributed by atoms with Crippen LogP contribution in [0, 0.1) is 11.3 Å². The molecule has 1 aromatic carbocycles. The number of piperazine rings is 1. The average molecular weight is 368 g/mol. The van der Waals surface area contributed by atoms with Crippen LogP contribution < -0.4 is 4.90 Å². The fourth-order valence-electron chi connectivity index (χ4n) is 3.73. The second-order valence-corrected chi connectivity index (χ2v) is 8.60. The Bertz CT molecular complexity index is 973. The van der Waals surface area contributed by atoms with Gasteiger partial charge in [0.1, 0.15) is 11.9 Å². The molecule has 1 aliphatic carbocycles. The molecule has 2 aromatic rings. The van der Waals surface area contributed by atoms with Crippen LogP contribution in [0.1, 0.15) is 23.1 Å². The molecule has 4 rings (SSSR count). The molecule has 1 saturated heterocycles. The Morgan fingerprint density at radius 2 is 1.81 bits per heavy atom. The predicted molar refractivity (Wildman–Crippen MR) is 98.4 cm³/mol. The number of hydrogen-bond donors (Lipinski definition) is 0. The molecule has 0 amide bonds. The van der Waals surface area contributed by atoms with Crippen LogP contribution in [0.15, 0.2) is 41.4 Å². The third-order valence-electron chi connectivity index (χ3n) is 5.15. The Morgan fingerprint density at radius 1 is 1.04 bits per heavy atom. The van der Waals surface area contributed by atoms with Crippen molar-refractivity contribution >= 4 is 15.8 Å². The minimum Gasteiger partial charge on any atom is -0.353 e. The van der Waals surface area contributed by atoms with Crippen LogP contribution in [0.4, 0.5) is 5.82 Å². The van der Waals surface area contributed by atoms with E-state index >= 15 is 0 Å². The van der Waals surface area contributed by atoms with Gasteiger partial charge in [0.15, 0.2) is 0 Å². The fourth-order valence-corrected chi connectivity index (χ4v) is 5.21. The number of sulfonamides is 1. The van der Waals surface area contributed by atoms with Crippen molar-refractivity contribution in [2.24, 2.45) is 0 Å². The maximum absolute atomic E-state index is 13.0. The first kappa shape index (κ1) is 17.0. The van der Waals surface area contributed by atoms with Crippen molar-refractivity contribution in [2.75, 3.05) is 31.1 Å². The highest BCUT2D eigenvalue weighted by Crippen LogP contribution is 2.27. The van der Waals surface area contributed by atoms with Gasteiger partial charge in [-0.15, -0.1) is 0 Å². The molecule has 2 heterocycles. The van der Waals surface area contributed by atoms with E-state index in [1.165, 1.54) is 9.87 Å². The quantitative estimate of drug-likeness (QED) is 0.828. The van der Waals surface area contributed by atoms with E-state index < -0.39 is 10.0 Å². The van der Waals surface area contributed by atoms with Crippen molar-refractivity contribution < 1.29 is 8.42 Å². The van der Waals surface area contributed by atoms with Gasteiger partial charge in [0, 0.05) is 32.4 Å². The van der Waals surface area contributed by atoms with E-state index in [-0.39, 0.29) is 0 Å². The normalized spacial score (nSPS) is 17.7. The number of hydrogen-bond acceptors (Lipinski definition) is 5. The van der Waals surface area contributed by atoms with Crippen molar-refractivity contribution in [1.82, 2.24) is 9.29 Å². The van der Waals surface area contributed by atoms with E-state index in [0.717, 1.165) is 24.8 Å². The molecular formula is C19H20N4O2S. The summed E-state index contributed by atoms with van der Waals surface area (Å²) in [5.74, 6) is 0.629. The molecule has 1 aromatic heterocycles. The van der Waals surface area contributed by atoms with Crippen molar-refractivity contribution in [1.29, 1.82) is 5.26 Å². The van der Waals surface area contributed by atoms with Gasteiger partial charge in [-0.25, -0.2) is 13.4 Å². The van der Waals surface area contributed by atoms with Gasteiger partial charge in [-0.3, -0.25) is 0 Å². The zero-order valence-corrected chi connectivity index (χ0v) is 15.2. The van der Waals surface area contributed by atoms with Crippen molar-refractivity contribution in [3.05, 3.63) is 53.2 Å². The molecule has 7 heteroatoms. The minimum atomic E-state index is -3.48. The summed E-state index contributed by atoms with van der Waals surface area (Å²) in [5, 5.41) is 9.23. The van der Waals surface area contributed by atoms with Gasteiger partial charge >= 0.3 is 0 Å². The Kier molecular flexibility index (Phi) is 4.39. The molecule has 0 unspecified atom stereocenters. The Balaban J connectivity index is 1.51. The highest BCUT2D eigenvalue weighted by atomic mass is 32.2. The molecule has 0 N–H and O–H groups in total. The van der Waals surface area contributed by atoms with E-state index in [0.29, 0.717) is 42.5 Å². The van der Waals surface area contributed by atoms with Crippen molar-refractivity contribution in [3.63, 3.8) is 0 Å². The molecule has 0 saturated carbocycles. The fraction of sp³-hybridized carbons (Fsp3) is 0.368. The summed E-state index contributed by atoms with van der Waals surface area (Å²) < 4.78 is 27.5. The van der Waals surface area contributed by atoms with Crippen LogP contribution in [0.3, 0.4) is 0 Å². The first-order valence-corrected chi connectivity index (χ1v) is 10.3. The van der Waals surface area contributed by atoms with Crippen LogP contribution in [0.2, 0.25) is 0 Å². The molecule has 0 bridgehead atoms. The van der Waals surface area contributed by atoms with Gasteiger partial charge in [0.25, 0.3) is 0 Å². The molecule has 134 valence electrons. The SMILES string of the molecule is N#Cc1cccnc1N1CCN(S(=O)(=O)c2ccc3c(c2)CCC3)CC1. The molecule has 0 atom stereocenters. The molecular weight excluding hydrogens is 348 g/mol. The van der Waals surface area contributed by atoms with Gasteiger partial charge in [0.2, 0.25) is 10.0 Å². The summed E-state index contributed by atoms with van der Waals surface area (Å²) in [6, 6.07) is 11.1. The lowest BCUT2D eigenvalue weighted by Gasteiger charge is -2.35. The van der Waals surface area contributed by atoms with Crippen molar-refractivity contribution in [2.45, 2.75) is 24.2 Å². The first-order chi connectivity index (χ1) is 12.6. The number of rotatable bonds is 3. The van der Waals surface area contributed by atoms with E-state index in [1.807, 2.05) is 17.0 Å². The van der Waals surface area contributed by atoms with Crippen LogP contribution in [-0.2, 0) is 22.9 Å². The van der Waals surface area contributed by atoms with Gasteiger partial charge in [-0.2, -0.15) is 9.57 Å². The number of aryl methyl sites for hydroxylation is 2. The summed E-state index contributed by atoms with van der Waals surface area (Å²) in [5.41, 5.74) is 2.95. The number of nitrogens with zero attached hydrogens (tertiary/aromatic N) is 4. The summed E-state index contributed by atoms with van der Waals surface area (Å²) in [6.07, 6.45) is 4.76. The van der Waals surface area contributed by atoms with E-state index in [2.05, 4.69) is 11.1 Å². The monoisotopic (exact) mass is 368 g/mol. The predicted octanol–water partition coefficient (Wildman–Crippen LogP) is 1.95. The number of fused-ring (bicyclic) bond motifs is 1. The minimum absolute atomic E-state index is 0.390. The zero-order chi connectivity index (χ0) is 18.1. The molecule has 1 aliphatic heterocycles. The molecule has 0 radical (unpaired) electrons. The molecule has 1 fully saturated rings. The van der Waals surface area contributed by atoms with E-state index in [1.54, 1.807) is 24.4 Å². The van der Waals surface area contributed by atoms with E-state index in [9.17, 15) is 13.7 Å². The van der Waals surface area contributed by atoms with E-state index in [4.69, 9.17) is 0 Å². The lowest BCUT2D eigenvalue weighted by atomic mass is 10.1. The summed E-state index contributed by atoms with van der Waals surface area (Å²) >= 11 is 0. The second-order valence-electron chi connectivity index (χ2n) is 6.66. The number of benzene rings is 1. The van der Waals surface area contributed by atoms with Gasteiger partial charge in [0.05, 0.1) is 10.5 Å². The standard InChI is InChI=1S/C19H20N4O2S/c20-14-17-5-2-8-21-19(17)22-9-11-23(12-10-22)26(24,25)18-7-6-15-3-1-4-16(15)13-18/h2,5-8,13H,1,3-4,9-12H2. The third kappa shape index (κ3) is 2.96. The maximum Gasteiger partial charge on any atom is 0.243 e. The highest BCUT2D eigenvalue weighted by molar-refractivity contribution is 7.89. The van der Waals surface area contributed by atoms with Gasteiger partial charge in [-0.05, 0) is 54.7 Å². The van der Waals surface area contributed by atoms with Crippen LogP contribution in [0.5, 0.6) is 0 Å². The number of pyridine rings is 1. The smallest absolute Gasteiger partial charge is 0.243 e. The summed E-state index contributed by atoms with van der Waals surface area (Å²) in [7, 11) is -3.48. The Hall–Kier alpha value is -2.43. The topological polar surface area (TPSA) is 77.3 Å². The first-order valence-electron chi connectivity index (χ1n) is 8.81. The van der Waals surface area contributed by atoms with Gasteiger partial charge in [-0.1, -0.05) is 6.07 Å². The lowest BCUT2D eigenvalue weighted by Crippen LogP contribution is -2.49. The van der Waals surface area contributed by atoms with Crippen molar-refractivity contribution in [3.8, 4) is 6.07 Å². The third-order valence-corrected chi connectivity index (χ3v) is 7.05. The number of anilines is 1. The van der Waals surface area contributed by atoms with Crippen LogP contribution >= 0.6 is 0 Å². The zero-order valence-electron chi connectivity index (χ0n) is 14.4. The maximum atomic E-state index is 13.0. The number of nitriles is 1. The largest absolute Gasteiger partial charge is 0.353 e. The average Bonchev–Trinajstić information content (AvgIpc) is 3.16. The number of aromatic nitrogens is 1.